The SMILES string of the molecule is CC(C)N(C)S(=O)(=O)c1ccc(C(=O)N2CCN(Cc3cccc(Cl)c3)CC2)cc1. The normalized spacial score (nSPS) is 15.7. The van der Waals surface area contributed by atoms with E-state index in [0.717, 1.165) is 30.2 Å². The number of hydrogen-bond acceptors (Lipinski definition) is 4. The van der Waals surface area contributed by atoms with Gasteiger partial charge in [0.25, 0.3) is 5.91 Å². The Morgan fingerprint density at radius 3 is 2.27 bits per heavy atom. The van der Waals surface area contributed by atoms with E-state index >= 15 is 0 Å². The Morgan fingerprint density at radius 2 is 1.70 bits per heavy atom. The lowest BCUT2D eigenvalue weighted by molar-refractivity contribution is 0.0628. The molecule has 0 bridgehead atoms. The predicted octanol–water partition coefficient (Wildman–Crippen LogP) is 3.33. The molecule has 1 aliphatic heterocycles. The van der Waals surface area contributed by atoms with E-state index in [1.807, 2.05) is 36.9 Å². The van der Waals surface area contributed by atoms with Crippen LogP contribution in [0, 0.1) is 0 Å². The van der Waals surface area contributed by atoms with Crippen molar-refractivity contribution in [2.45, 2.75) is 31.3 Å². The third-order valence-electron chi connectivity index (χ3n) is 5.46. The largest absolute Gasteiger partial charge is 0.336 e. The maximum absolute atomic E-state index is 12.8. The summed E-state index contributed by atoms with van der Waals surface area (Å²) in [7, 11) is -2.00. The lowest BCUT2D eigenvalue weighted by Gasteiger charge is -2.34. The van der Waals surface area contributed by atoms with E-state index in [4.69, 9.17) is 11.6 Å². The molecule has 8 heteroatoms. The van der Waals surface area contributed by atoms with Crippen molar-refractivity contribution < 1.29 is 13.2 Å². The molecule has 0 aliphatic carbocycles. The molecule has 0 radical (unpaired) electrons. The van der Waals surface area contributed by atoms with Crippen molar-refractivity contribution in [2.24, 2.45) is 0 Å². The summed E-state index contributed by atoms with van der Waals surface area (Å²) in [6.45, 7) is 7.28. The number of piperazine rings is 1. The molecule has 0 aromatic heterocycles. The number of carbonyl (C=O) groups excluding carboxylic acids is 1. The molecule has 2 aromatic carbocycles. The highest BCUT2D eigenvalue weighted by molar-refractivity contribution is 7.89. The molecule has 1 amide bonds. The Kier molecular flexibility index (Phi) is 7.18. The minimum absolute atomic E-state index is 0.0708. The van der Waals surface area contributed by atoms with Gasteiger partial charge < -0.3 is 4.90 Å². The summed E-state index contributed by atoms with van der Waals surface area (Å²) in [5.74, 6) is -0.0708. The third kappa shape index (κ3) is 5.21. The molecule has 0 saturated carbocycles. The fourth-order valence-electron chi connectivity index (χ4n) is 3.40. The van der Waals surface area contributed by atoms with Crippen molar-refractivity contribution in [2.75, 3.05) is 33.2 Å². The van der Waals surface area contributed by atoms with Crippen molar-refractivity contribution in [3.8, 4) is 0 Å². The van der Waals surface area contributed by atoms with Crippen LogP contribution in [-0.4, -0.2) is 67.7 Å². The number of halogens is 1. The number of amides is 1. The molecule has 2 aromatic rings. The summed E-state index contributed by atoms with van der Waals surface area (Å²) in [5, 5.41) is 0.728. The van der Waals surface area contributed by atoms with Crippen molar-refractivity contribution in [1.82, 2.24) is 14.1 Å². The van der Waals surface area contributed by atoms with Gasteiger partial charge in [-0.25, -0.2) is 8.42 Å². The van der Waals surface area contributed by atoms with Crippen LogP contribution in [0.3, 0.4) is 0 Å². The number of rotatable bonds is 6. The number of carbonyl (C=O) groups is 1. The highest BCUT2D eigenvalue weighted by Gasteiger charge is 2.25. The van der Waals surface area contributed by atoms with Crippen LogP contribution in [0.1, 0.15) is 29.8 Å². The Labute approximate surface area is 184 Å². The van der Waals surface area contributed by atoms with Crippen LogP contribution >= 0.6 is 11.6 Å². The molecule has 1 fully saturated rings. The van der Waals surface area contributed by atoms with Crippen molar-refractivity contribution >= 4 is 27.5 Å². The van der Waals surface area contributed by atoms with Gasteiger partial charge in [0.1, 0.15) is 0 Å². The first-order chi connectivity index (χ1) is 14.2. The Balaban J connectivity index is 1.60. The van der Waals surface area contributed by atoms with E-state index in [9.17, 15) is 13.2 Å². The van der Waals surface area contributed by atoms with Gasteiger partial charge in [0.15, 0.2) is 0 Å². The maximum Gasteiger partial charge on any atom is 0.253 e. The average molecular weight is 450 g/mol. The predicted molar refractivity (Wildman–Crippen MR) is 119 cm³/mol. The Bertz CT molecular complexity index is 985. The van der Waals surface area contributed by atoms with Crippen molar-refractivity contribution in [3.63, 3.8) is 0 Å². The molecule has 6 nitrogen and oxygen atoms in total. The third-order valence-corrected chi connectivity index (χ3v) is 7.74. The van der Waals surface area contributed by atoms with Crippen LogP contribution in [0.15, 0.2) is 53.4 Å². The molecule has 0 atom stereocenters. The molecule has 1 saturated heterocycles. The van der Waals surface area contributed by atoms with Gasteiger partial charge in [0.2, 0.25) is 10.0 Å². The smallest absolute Gasteiger partial charge is 0.253 e. The van der Waals surface area contributed by atoms with Gasteiger partial charge in [0.05, 0.1) is 4.90 Å². The van der Waals surface area contributed by atoms with Gasteiger partial charge in [-0.05, 0) is 55.8 Å². The topological polar surface area (TPSA) is 60.9 Å². The van der Waals surface area contributed by atoms with Gasteiger partial charge in [-0.3, -0.25) is 9.69 Å². The highest BCUT2D eigenvalue weighted by atomic mass is 35.5. The van der Waals surface area contributed by atoms with Crippen LogP contribution in [-0.2, 0) is 16.6 Å². The van der Waals surface area contributed by atoms with Gasteiger partial charge in [-0.15, -0.1) is 0 Å². The molecule has 3 rings (SSSR count). The van der Waals surface area contributed by atoms with E-state index in [1.165, 1.54) is 16.4 Å². The summed E-state index contributed by atoms with van der Waals surface area (Å²) in [6, 6.07) is 13.9. The van der Waals surface area contributed by atoms with Crippen LogP contribution in [0.25, 0.3) is 0 Å². The standard InChI is InChI=1S/C22H28ClN3O3S/c1-17(2)24(3)30(28,29)21-9-7-19(8-10-21)22(27)26-13-11-25(12-14-26)16-18-5-4-6-20(23)15-18/h4-10,15,17H,11-14,16H2,1-3H3. The molecule has 1 heterocycles. The van der Waals surface area contributed by atoms with Crippen molar-refractivity contribution in [1.29, 1.82) is 0 Å². The molecule has 0 spiro atoms. The zero-order valence-electron chi connectivity index (χ0n) is 17.6. The number of sulfonamides is 1. The lowest BCUT2D eigenvalue weighted by atomic mass is 10.1. The zero-order valence-corrected chi connectivity index (χ0v) is 19.2. The highest BCUT2D eigenvalue weighted by Crippen LogP contribution is 2.19. The molecule has 0 N–H and O–H groups in total. The maximum atomic E-state index is 12.8. The lowest BCUT2D eigenvalue weighted by Crippen LogP contribution is -2.48. The van der Waals surface area contributed by atoms with E-state index in [0.29, 0.717) is 18.7 Å². The van der Waals surface area contributed by atoms with E-state index < -0.39 is 10.0 Å². The van der Waals surface area contributed by atoms with Gasteiger partial charge in [-0.1, -0.05) is 23.7 Å². The first-order valence-electron chi connectivity index (χ1n) is 10.0. The summed E-state index contributed by atoms with van der Waals surface area (Å²) in [4.78, 5) is 17.2. The molecular formula is C22H28ClN3O3S. The van der Waals surface area contributed by atoms with Crippen molar-refractivity contribution in [3.05, 3.63) is 64.7 Å². The van der Waals surface area contributed by atoms with E-state index in [1.54, 1.807) is 19.2 Å². The molecule has 162 valence electrons. The van der Waals surface area contributed by atoms with Crippen LogP contribution in [0.5, 0.6) is 0 Å². The van der Waals surface area contributed by atoms with Gasteiger partial charge in [-0.2, -0.15) is 4.31 Å². The molecule has 1 aliphatic rings. The number of hydrogen-bond donors (Lipinski definition) is 0. The number of nitrogens with zero attached hydrogens (tertiary/aromatic N) is 3. The Hall–Kier alpha value is -1.93. The van der Waals surface area contributed by atoms with Crippen LogP contribution in [0.2, 0.25) is 5.02 Å². The number of benzene rings is 2. The van der Waals surface area contributed by atoms with Crippen LogP contribution < -0.4 is 0 Å². The second-order valence-electron chi connectivity index (χ2n) is 7.84. The first kappa shape index (κ1) is 22.7. The minimum atomic E-state index is -3.55. The van der Waals surface area contributed by atoms with Gasteiger partial charge >= 0.3 is 0 Å². The zero-order chi connectivity index (χ0) is 21.9. The second-order valence-corrected chi connectivity index (χ2v) is 10.3. The van der Waals surface area contributed by atoms with Crippen LogP contribution in [0.4, 0.5) is 0 Å². The summed E-state index contributed by atoms with van der Waals surface area (Å²) in [5.41, 5.74) is 1.66. The second kappa shape index (κ2) is 9.47. The van der Waals surface area contributed by atoms with Gasteiger partial charge in [0, 0.05) is 56.4 Å². The molecule has 0 unspecified atom stereocenters. The summed E-state index contributed by atoms with van der Waals surface area (Å²) < 4.78 is 26.5. The fraction of sp³-hybridized carbons (Fsp3) is 0.409. The average Bonchev–Trinajstić information content (AvgIpc) is 2.73. The Morgan fingerprint density at radius 1 is 1.07 bits per heavy atom. The summed E-state index contributed by atoms with van der Waals surface area (Å²) in [6.07, 6.45) is 0. The van der Waals surface area contributed by atoms with E-state index in [2.05, 4.69) is 11.0 Å². The minimum Gasteiger partial charge on any atom is -0.336 e. The fourth-order valence-corrected chi connectivity index (χ4v) is 4.98. The quantitative estimate of drug-likeness (QED) is 0.678. The van der Waals surface area contributed by atoms with E-state index in [-0.39, 0.29) is 16.8 Å². The molecule has 30 heavy (non-hydrogen) atoms. The summed E-state index contributed by atoms with van der Waals surface area (Å²) >= 11 is 6.06. The first-order valence-corrected chi connectivity index (χ1v) is 11.8. The monoisotopic (exact) mass is 449 g/mol. The molecular weight excluding hydrogens is 422 g/mol.